The number of aromatic nitrogens is 5. The molecule has 5 rings (SSSR count). The third-order valence-electron chi connectivity index (χ3n) is 4.85. The highest BCUT2D eigenvalue weighted by Gasteiger charge is 2.28. The van der Waals surface area contributed by atoms with Gasteiger partial charge in [-0.25, -0.2) is 0 Å². The quantitative estimate of drug-likeness (QED) is 0.536. The second-order valence-electron chi connectivity index (χ2n) is 6.99. The number of aryl methyl sites for hydroxylation is 1. The van der Waals surface area contributed by atoms with Crippen molar-refractivity contribution in [2.75, 3.05) is 13.7 Å². The zero-order chi connectivity index (χ0) is 20.7. The fourth-order valence-electron chi connectivity index (χ4n) is 3.40. The monoisotopic (exact) mass is 406 g/mol. The lowest BCUT2D eigenvalue weighted by Gasteiger charge is -2.11. The van der Waals surface area contributed by atoms with Gasteiger partial charge in [0.25, 0.3) is 11.8 Å². The van der Waals surface area contributed by atoms with E-state index >= 15 is 0 Å². The van der Waals surface area contributed by atoms with Crippen LogP contribution in [0.4, 0.5) is 0 Å². The summed E-state index contributed by atoms with van der Waals surface area (Å²) in [5.41, 5.74) is 3.25. The highest BCUT2D eigenvalue weighted by atomic mass is 16.5. The van der Waals surface area contributed by atoms with E-state index in [4.69, 9.17) is 14.0 Å². The summed E-state index contributed by atoms with van der Waals surface area (Å²) in [6.07, 6.45) is 1.83. The lowest BCUT2D eigenvalue weighted by Crippen LogP contribution is -2.30. The fraction of sp³-hybridized carbons (Fsp3) is 0.250. The van der Waals surface area contributed by atoms with Gasteiger partial charge in [0.15, 0.2) is 5.65 Å². The molecule has 0 fully saturated rings. The smallest absolute Gasteiger partial charge is 0.290 e. The highest BCUT2D eigenvalue weighted by Crippen LogP contribution is 2.35. The molecule has 1 aliphatic rings. The van der Waals surface area contributed by atoms with Gasteiger partial charge >= 0.3 is 0 Å². The average Bonchev–Trinajstić information content (AvgIpc) is 3.46. The summed E-state index contributed by atoms with van der Waals surface area (Å²) in [5.74, 6) is 1.43. The number of hydrogen-bond donors (Lipinski definition) is 1. The highest BCUT2D eigenvalue weighted by molar-refractivity contribution is 5.91. The molecule has 10 nitrogen and oxygen atoms in total. The van der Waals surface area contributed by atoms with Crippen molar-refractivity contribution in [3.05, 3.63) is 59.4 Å². The minimum atomic E-state index is -0.319. The lowest BCUT2D eigenvalue weighted by atomic mass is 10.1. The number of carbonyl (C=O) groups is 1. The maximum absolute atomic E-state index is 12.8. The lowest BCUT2D eigenvalue weighted by molar-refractivity contribution is 0.0918. The first kappa shape index (κ1) is 18.3. The second-order valence-corrected chi connectivity index (χ2v) is 6.99. The molecule has 30 heavy (non-hydrogen) atoms. The number of amides is 1. The SMILES string of the molecule is COCc1nc(-c2ccc3c(c2)OC[C@H]3NC(=O)c2nnc3ccc(C)cn23)no1. The van der Waals surface area contributed by atoms with Gasteiger partial charge < -0.3 is 19.3 Å². The van der Waals surface area contributed by atoms with E-state index in [1.54, 1.807) is 11.5 Å². The minimum absolute atomic E-state index is 0.233. The van der Waals surface area contributed by atoms with Crippen molar-refractivity contribution in [3.63, 3.8) is 0 Å². The summed E-state index contributed by atoms with van der Waals surface area (Å²) >= 11 is 0. The first-order valence-electron chi connectivity index (χ1n) is 9.33. The molecule has 0 unspecified atom stereocenters. The number of pyridine rings is 1. The van der Waals surface area contributed by atoms with Gasteiger partial charge in [-0.3, -0.25) is 9.20 Å². The van der Waals surface area contributed by atoms with Crippen LogP contribution in [0.25, 0.3) is 17.0 Å². The van der Waals surface area contributed by atoms with Crippen LogP contribution in [0.3, 0.4) is 0 Å². The van der Waals surface area contributed by atoms with Crippen molar-refractivity contribution in [2.45, 2.75) is 19.6 Å². The van der Waals surface area contributed by atoms with E-state index < -0.39 is 0 Å². The van der Waals surface area contributed by atoms with E-state index in [9.17, 15) is 4.79 Å². The molecule has 0 aliphatic carbocycles. The Morgan fingerprint density at radius 3 is 3.07 bits per heavy atom. The Kier molecular flexibility index (Phi) is 4.40. The molecule has 152 valence electrons. The third-order valence-corrected chi connectivity index (χ3v) is 4.85. The van der Waals surface area contributed by atoms with Gasteiger partial charge in [-0.2, -0.15) is 4.98 Å². The molecule has 1 amide bonds. The molecule has 0 radical (unpaired) electrons. The van der Waals surface area contributed by atoms with Gasteiger partial charge in [-0.15, -0.1) is 10.2 Å². The zero-order valence-electron chi connectivity index (χ0n) is 16.3. The van der Waals surface area contributed by atoms with Gasteiger partial charge in [0.2, 0.25) is 11.6 Å². The molecule has 10 heteroatoms. The Morgan fingerprint density at radius 1 is 1.30 bits per heavy atom. The van der Waals surface area contributed by atoms with Gasteiger partial charge in [0.1, 0.15) is 19.0 Å². The van der Waals surface area contributed by atoms with Gasteiger partial charge in [-0.05, 0) is 24.6 Å². The predicted octanol–water partition coefficient (Wildman–Crippen LogP) is 2.10. The van der Waals surface area contributed by atoms with E-state index in [0.717, 1.165) is 16.7 Å². The van der Waals surface area contributed by atoms with Crippen molar-refractivity contribution in [1.29, 1.82) is 0 Å². The fourth-order valence-corrected chi connectivity index (χ4v) is 3.40. The summed E-state index contributed by atoms with van der Waals surface area (Å²) < 4.78 is 17.6. The number of hydrogen-bond acceptors (Lipinski definition) is 8. The van der Waals surface area contributed by atoms with Gasteiger partial charge in [-0.1, -0.05) is 23.4 Å². The summed E-state index contributed by atoms with van der Waals surface area (Å²) in [6.45, 7) is 2.52. The molecule has 0 saturated carbocycles. The van der Waals surface area contributed by atoms with Gasteiger partial charge in [0, 0.05) is 24.4 Å². The topological polar surface area (TPSA) is 117 Å². The van der Waals surface area contributed by atoms with Crippen molar-refractivity contribution >= 4 is 11.6 Å². The zero-order valence-corrected chi connectivity index (χ0v) is 16.3. The number of fused-ring (bicyclic) bond motifs is 2. The number of rotatable bonds is 5. The second kappa shape index (κ2) is 7.23. The summed E-state index contributed by atoms with van der Waals surface area (Å²) in [5, 5.41) is 15.0. The summed E-state index contributed by atoms with van der Waals surface area (Å²) in [7, 11) is 1.56. The van der Waals surface area contributed by atoms with Gasteiger partial charge in [0.05, 0.1) is 6.04 Å². The van der Waals surface area contributed by atoms with Crippen molar-refractivity contribution < 1.29 is 18.8 Å². The third kappa shape index (κ3) is 3.16. The first-order valence-corrected chi connectivity index (χ1v) is 9.33. The van der Waals surface area contributed by atoms with Crippen molar-refractivity contribution in [1.82, 2.24) is 30.1 Å². The molecule has 1 atom stereocenters. The van der Waals surface area contributed by atoms with E-state index in [1.807, 2.05) is 43.5 Å². The summed E-state index contributed by atoms with van der Waals surface area (Å²) in [4.78, 5) is 17.1. The van der Waals surface area contributed by atoms with Crippen LogP contribution in [0.2, 0.25) is 0 Å². The molecule has 0 saturated heterocycles. The predicted molar refractivity (Wildman–Crippen MR) is 104 cm³/mol. The molecular weight excluding hydrogens is 388 g/mol. The number of carbonyl (C=O) groups excluding carboxylic acids is 1. The molecule has 1 aliphatic heterocycles. The Labute approximate surface area is 170 Å². The van der Waals surface area contributed by atoms with Crippen LogP contribution in [0.5, 0.6) is 5.75 Å². The summed E-state index contributed by atoms with van der Waals surface area (Å²) in [6, 6.07) is 9.04. The molecule has 1 aromatic carbocycles. The van der Waals surface area contributed by atoms with Crippen LogP contribution in [0.1, 0.15) is 33.7 Å². The molecule has 0 spiro atoms. The van der Waals surface area contributed by atoms with Crippen molar-refractivity contribution in [2.24, 2.45) is 0 Å². The van der Waals surface area contributed by atoms with E-state index in [1.165, 1.54) is 0 Å². The average molecular weight is 406 g/mol. The van der Waals surface area contributed by atoms with Crippen LogP contribution in [-0.2, 0) is 11.3 Å². The van der Waals surface area contributed by atoms with Crippen LogP contribution < -0.4 is 10.1 Å². The number of benzene rings is 1. The standard InChI is InChI=1S/C20H18N6O4/c1-11-3-6-16-23-24-19(26(16)8-11)20(27)21-14-9-29-15-7-12(4-5-13(14)15)18-22-17(10-28-2)30-25-18/h3-8,14H,9-10H2,1-2H3,(H,21,27)/t14-/m1/s1. The maximum atomic E-state index is 12.8. The largest absolute Gasteiger partial charge is 0.491 e. The molecule has 4 aromatic rings. The maximum Gasteiger partial charge on any atom is 0.290 e. The first-order chi connectivity index (χ1) is 14.6. The molecule has 3 aromatic heterocycles. The molecule has 0 bridgehead atoms. The van der Waals surface area contributed by atoms with Crippen LogP contribution >= 0.6 is 0 Å². The molecule has 1 N–H and O–H groups in total. The van der Waals surface area contributed by atoms with E-state index in [2.05, 4.69) is 25.7 Å². The minimum Gasteiger partial charge on any atom is -0.491 e. The Morgan fingerprint density at radius 2 is 2.20 bits per heavy atom. The normalized spacial score (nSPS) is 15.2. The number of nitrogens with zero attached hydrogens (tertiary/aromatic N) is 5. The molecule has 4 heterocycles. The molecular formula is C20H18N6O4. The van der Waals surface area contributed by atoms with E-state index in [-0.39, 0.29) is 24.4 Å². The van der Waals surface area contributed by atoms with E-state index in [0.29, 0.717) is 29.7 Å². The Balaban J connectivity index is 1.36. The number of methoxy groups -OCH3 is 1. The van der Waals surface area contributed by atoms with Crippen LogP contribution in [0.15, 0.2) is 41.1 Å². The van der Waals surface area contributed by atoms with Crippen LogP contribution in [0, 0.1) is 6.92 Å². The Hall–Kier alpha value is -3.79. The number of ether oxygens (including phenoxy) is 2. The Bertz CT molecular complexity index is 1250. The van der Waals surface area contributed by atoms with Crippen LogP contribution in [-0.4, -0.2) is 44.4 Å². The van der Waals surface area contributed by atoms with Crippen molar-refractivity contribution in [3.8, 4) is 17.1 Å². The number of nitrogens with one attached hydrogen (secondary N) is 1.